The minimum absolute atomic E-state index is 0.00392. The summed E-state index contributed by atoms with van der Waals surface area (Å²) in [6.07, 6.45) is 2.61. The Kier molecular flexibility index (Phi) is 5.80. The predicted molar refractivity (Wildman–Crippen MR) is 95.1 cm³/mol. The molecule has 24 heavy (non-hydrogen) atoms. The van der Waals surface area contributed by atoms with E-state index in [1.54, 1.807) is 12.3 Å². The number of likely N-dealkylation sites (N-methyl/N-ethyl adjacent to an activating group) is 1. The van der Waals surface area contributed by atoms with E-state index >= 15 is 0 Å². The lowest BCUT2D eigenvalue weighted by Crippen LogP contribution is -2.41. The molecule has 2 N–H and O–H groups in total. The highest BCUT2D eigenvalue weighted by Gasteiger charge is 2.30. The van der Waals surface area contributed by atoms with Crippen molar-refractivity contribution >= 4 is 0 Å². The Hall–Kier alpha value is -1.95. The van der Waals surface area contributed by atoms with E-state index in [-0.39, 0.29) is 11.5 Å². The van der Waals surface area contributed by atoms with E-state index in [9.17, 15) is 4.79 Å². The molecule has 3 rings (SSSR count). The molecule has 1 aromatic carbocycles. The van der Waals surface area contributed by atoms with Gasteiger partial charge in [-0.2, -0.15) is 0 Å². The number of aromatic amines is 1. The lowest BCUT2D eigenvalue weighted by molar-refractivity contribution is 0.0502. The van der Waals surface area contributed by atoms with Crippen LogP contribution in [0.3, 0.4) is 0 Å². The Bertz CT molecular complexity index is 699. The topological polar surface area (TPSA) is 57.4 Å². The van der Waals surface area contributed by atoms with Crippen molar-refractivity contribution in [3.8, 4) is 0 Å². The molecule has 1 atom stereocenters. The second-order valence-electron chi connectivity index (χ2n) is 6.13. The van der Waals surface area contributed by atoms with E-state index in [0.29, 0.717) is 13.2 Å². The largest absolute Gasteiger partial charge is 0.378 e. The summed E-state index contributed by atoms with van der Waals surface area (Å²) >= 11 is 0. The van der Waals surface area contributed by atoms with Crippen molar-refractivity contribution in [1.29, 1.82) is 0 Å². The molecule has 2 aromatic rings. The molecule has 128 valence electrons. The Labute approximate surface area is 142 Å². The summed E-state index contributed by atoms with van der Waals surface area (Å²) in [7, 11) is 1.91. The second-order valence-corrected chi connectivity index (χ2v) is 6.13. The van der Waals surface area contributed by atoms with Crippen LogP contribution in [-0.4, -0.2) is 43.2 Å². The third kappa shape index (κ3) is 3.93. The molecule has 5 nitrogen and oxygen atoms in total. The van der Waals surface area contributed by atoms with Gasteiger partial charge in [-0.25, -0.2) is 0 Å². The van der Waals surface area contributed by atoms with Crippen molar-refractivity contribution in [3.05, 3.63) is 69.6 Å². The van der Waals surface area contributed by atoms with Crippen LogP contribution in [0.25, 0.3) is 0 Å². The zero-order chi connectivity index (χ0) is 16.8. The van der Waals surface area contributed by atoms with Gasteiger partial charge in [-0.15, -0.1) is 0 Å². The molecular formula is C19H25N3O2. The van der Waals surface area contributed by atoms with Crippen molar-refractivity contribution in [1.82, 2.24) is 15.2 Å². The Morgan fingerprint density at radius 2 is 2.12 bits per heavy atom. The molecule has 2 heterocycles. The number of ether oxygens (including phenoxy) is 1. The van der Waals surface area contributed by atoms with Crippen LogP contribution in [-0.2, 0) is 17.7 Å². The van der Waals surface area contributed by atoms with Gasteiger partial charge in [-0.05, 0) is 12.6 Å². The highest BCUT2D eigenvalue weighted by atomic mass is 16.5. The molecule has 0 bridgehead atoms. The Morgan fingerprint density at radius 3 is 2.92 bits per heavy atom. The molecule has 0 aliphatic carbocycles. The number of nitrogens with zero attached hydrogens (tertiary/aromatic N) is 1. The molecule has 0 fully saturated rings. The average molecular weight is 327 g/mol. The first-order valence-electron chi connectivity index (χ1n) is 8.50. The number of pyridine rings is 1. The van der Waals surface area contributed by atoms with E-state index in [1.165, 1.54) is 5.56 Å². The molecule has 5 heteroatoms. The molecule has 0 saturated heterocycles. The van der Waals surface area contributed by atoms with Crippen LogP contribution in [0.1, 0.15) is 22.9 Å². The first kappa shape index (κ1) is 16.9. The fourth-order valence-electron chi connectivity index (χ4n) is 3.27. The summed E-state index contributed by atoms with van der Waals surface area (Å²) in [6.45, 7) is 3.74. The van der Waals surface area contributed by atoms with Crippen LogP contribution in [0, 0.1) is 0 Å². The molecular weight excluding hydrogens is 302 g/mol. The molecule has 0 saturated carbocycles. The third-order valence-electron chi connectivity index (χ3n) is 4.51. The maximum absolute atomic E-state index is 12.4. The average Bonchev–Trinajstić information content (AvgIpc) is 2.61. The zero-order valence-electron chi connectivity index (χ0n) is 14.1. The van der Waals surface area contributed by atoms with E-state index in [0.717, 1.165) is 37.3 Å². The molecule has 1 aliphatic rings. The number of rotatable bonds is 7. The molecule has 0 radical (unpaired) electrons. The van der Waals surface area contributed by atoms with Crippen molar-refractivity contribution in [2.75, 3.05) is 33.4 Å². The van der Waals surface area contributed by atoms with Gasteiger partial charge < -0.3 is 15.0 Å². The lowest BCUT2D eigenvalue weighted by atomic mass is 9.96. The fourth-order valence-corrected chi connectivity index (χ4v) is 3.27. The van der Waals surface area contributed by atoms with Crippen molar-refractivity contribution in [3.63, 3.8) is 0 Å². The number of benzene rings is 1. The smallest absolute Gasteiger partial charge is 0.186 e. The van der Waals surface area contributed by atoms with Crippen LogP contribution in [0.4, 0.5) is 0 Å². The van der Waals surface area contributed by atoms with Crippen LogP contribution >= 0.6 is 0 Å². The number of H-pyrrole nitrogens is 1. The van der Waals surface area contributed by atoms with E-state index in [1.807, 2.05) is 13.1 Å². The van der Waals surface area contributed by atoms with Gasteiger partial charge in [-0.1, -0.05) is 30.3 Å². The van der Waals surface area contributed by atoms with Crippen LogP contribution < -0.4 is 10.7 Å². The van der Waals surface area contributed by atoms with Gasteiger partial charge in [0.25, 0.3) is 0 Å². The molecule has 1 aromatic heterocycles. The molecule has 1 unspecified atom stereocenters. The van der Waals surface area contributed by atoms with Gasteiger partial charge in [0.15, 0.2) is 5.43 Å². The minimum Gasteiger partial charge on any atom is -0.378 e. The van der Waals surface area contributed by atoms with Crippen molar-refractivity contribution < 1.29 is 4.74 Å². The Morgan fingerprint density at radius 1 is 1.29 bits per heavy atom. The van der Waals surface area contributed by atoms with E-state index < -0.39 is 0 Å². The maximum atomic E-state index is 12.4. The first-order chi connectivity index (χ1) is 11.8. The van der Waals surface area contributed by atoms with Gasteiger partial charge in [0.1, 0.15) is 0 Å². The minimum atomic E-state index is -0.00392. The Balaban J connectivity index is 1.82. The summed E-state index contributed by atoms with van der Waals surface area (Å²) in [4.78, 5) is 18.1. The highest BCUT2D eigenvalue weighted by molar-refractivity contribution is 5.27. The summed E-state index contributed by atoms with van der Waals surface area (Å²) in [5.74, 6) is 0. The highest BCUT2D eigenvalue weighted by Crippen LogP contribution is 2.28. The third-order valence-corrected chi connectivity index (χ3v) is 4.51. The van der Waals surface area contributed by atoms with Crippen LogP contribution in [0.2, 0.25) is 0 Å². The quantitative estimate of drug-likeness (QED) is 0.760. The summed E-state index contributed by atoms with van der Waals surface area (Å²) in [5, 5.41) is 3.08. The molecule has 1 aliphatic heterocycles. The first-order valence-corrected chi connectivity index (χ1v) is 8.50. The van der Waals surface area contributed by atoms with Crippen LogP contribution in [0.5, 0.6) is 0 Å². The summed E-state index contributed by atoms with van der Waals surface area (Å²) in [6, 6.07) is 12.0. The normalized spacial score (nSPS) is 17.6. The van der Waals surface area contributed by atoms with E-state index in [2.05, 4.69) is 39.5 Å². The monoisotopic (exact) mass is 327 g/mol. The van der Waals surface area contributed by atoms with Gasteiger partial charge >= 0.3 is 0 Å². The predicted octanol–water partition coefficient (Wildman–Crippen LogP) is 1.71. The van der Waals surface area contributed by atoms with Crippen molar-refractivity contribution in [2.45, 2.75) is 19.0 Å². The summed E-state index contributed by atoms with van der Waals surface area (Å²) < 4.78 is 5.84. The van der Waals surface area contributed by atoms with Gasteiger partial charge in [0.05, 0.1) is 19.3 Å². The van der Waals surface area contributed by atoms with Gasteiger partial charge in [0, 0.05) is 49.6 Å². The van der Waals surface area contributed by atoms with Gasteiger partial charge in [-0.3, -0.25) is 9.69 Å². The number of hydrogen-bond acceptors (Lipinski definition) is 4. The summed E-state index contributed by atoms with van der Waals surface area (Å²) in [5.41, 5.74) is 3.27. The number of fused-ring (bicyclic) bond motifs is 1. The fraction of sp³-hybridized carbons (Fsp3) is 0.421. The molecule has 0 amide bonds. The van der Waals surface area contributed by atoms with E-state index in [4.69, 9.17) is 4.74 Å². The molecule has 0 spiro atoms. The van der Waals surface area contributed by atoms with Crippen LogP contribution in [0.15, 0.2) is 47.4 Å². The SMILES string of the molecule is CNCCOCC1c2c([nH]ccc2=O)CCN1Cc1ccccc1. The van der Waals surface area contributed by atoms with Crippen molar-refractivity contribution in [2.24, 2.45) is 0 Å². The van der Waals surface area contributed by atoms with Gasteiger partial charge in [0.2, 0.25) is 0 Å². The number of hydrogen-bond donors (Lipinski definition) is 2. The lowest BCUT2D eigenvalue weighted by Gasteiger charge is -2.36. The zero-order valence-corrected chi connectivity index (χ0v) is 14.1. The second kappa shape index (κ2) is 8.24. The number of nitrogens with one attached hydrogen (secondary N) is 2. The number of aromatic nitrogens is 1. The standard InChI is InChI=1S/C19H25N3O2/c1-20-10-12-24-14-17-19-16(21-9-7-18(19)23)8-11-22(17)13-15-5-3-2-4-6-15/h2-7,9,17,20H,8,10-14H2,1H3,(H,21,23). The maximum Gasteiger partial charge on any atom is 0.186 e.